The van der Waals surface area contributed by atoms with Crippen LogP contribution < -0.4 is 10.6 Å². The highest BCUT2D eigenvalue weighted by molar-refractivity contribution is 5.77. The molecule has 0 unspecified atom stereocenters. The second kappa shape index (κ2) is 4.49. The van der Waals surface area contributed by atoms with Crippen LogP contribution in [0.3, 0.4) is 0 Å². The second-order valence-corrected chi connectivity index (χ2v) is 4.89. The summed E-state index contributed by atoms with van der Waals surface area (Å²) in [5, 5.41) is 15.7. The summed E-state index contributed by atoms with van der Waals surface area (Å²) in [6.07, 6.45) is 6.50. The number of nitrogens with one attached hydrogen (secondary N) is 1. The molecule has 3 N–H and O–H groups in total. The number of aromatic nitrogens is 4. The van der Waals surface area contributed by atoms with Crippen molar-refractivity contribution >= 4 is 17.3 Å². The average Bonchev–Trinajstić information content (AvgIpc) is 3.15. The van der Waals surface area contributed by atoms with Crippen LogP contribution in [-0.4, -0.2) is 38.0 Å². The Kier molecular flexibility index (Phi) is 2.81. The first-order chi connectivity index (χ1) is 9.16. The predicted molar refractivity (Wildman–Crippen MR) is 72.4 cm³/mol. The molecule has 2 heterocycles. The smallest absolute Gasteiger partial charge is 0.203 e. The summed E-state index contributed by atoms with van der Waals surface area (Å²) in [4.78, 5) is 6.65. The molecular weight excluding hydrogens is 242 g/mol. The first-order valence-electron chi connectivity index (χ1n) is 6.42. The molecule has 0 amide bonds. The third kappa shape index (κ3) is 2.23. The molecule has 0 atom stereocenters. The van der Waals surface area contributed by atoms with Crippen LogP contribution in [0.2, 0.25) is 0 Å². The normalized spacial score (nSPS) is 14.8. The van der Waals surface area contributed by atoms with Crippen LogP contribution in [0, 0.1) is 12.3 Å². The lowest BCUT2D eigenvalue weighted by molar-refractivity contribution is 0.780. The van der Waals surface area contributed by atoms with Gasteiger partial charge in [-0.05, 0) is 19.8 Å². The number of nitrogens with two attached hydrogens (primary N) is 1. The molecule has 0 saturated heterocycles. The SMILES string of the molecule is Cc1nnc2c(N(CCC(=N)N)C3CC3)nccn12. The third-order valence-electron chi connectivity index (χ3n) is 3.36. The Balaban J connectivity index is 1.97. The van der Waals surface area contributed by atoms with Crippen molar-refractivity contribution in [2.24, 2.45) is 5.73 Å². The number of amidine groups is 1. The molecule has 0 bridgehead atoms. The van der Waals surface area contributed by atoms with Gasteiger partial charge in [0.15, 0.2) is 5.82 Å². The number of hydrogen-bond donors (Lipinski definition) is 2. The predicted octanol–water partition coefficient (Wildman–Crippen LogP) is 0.728. The molecule has 7 heteroatoms. The number of hydrogen-bond acceptors (Lipinski definition) is 5. The van der Waals surface area contributed by atoms with Gasteiger partial charge in [-0.1, -0.05) is 0 Å². The monoisotopic (exact) mass is 259 g/mol. The van der Waals surface area contributed by atoms with Gasteiger partial charge >= 0.3 is 0 Å². The first kappa shape index (κ1) is 11.9. The van der Waals surface area contributed by atoms with Crippen molar-refractivity contribution < 1.29 is 0 Å². The molecule has 0 aromatic carbocycles. The van der Waals surface area contributed by atoms with E-state index in [-0.39, 0.29) is 5.84 Å². The van der Waals surface area contributed by atoms with E-state index in [0.717, 1.165) is 30.1 Å². The van der Waals surface area contributed by atoms with Crippen LogP contribution in [0.5, 0.6) is 0 Å². The summed E-state index contributed by atoms with van der Waals surface area (Å²) >= 11 is 0. The highest BCUT2D eigenvalue weighted by Crippen LogP contribution is 2.32. The van der Waals surface area contributed by atoms with Gasteiger partial charge in [0.2, 0.25) is 5.65 Å². The Labute approximate surface area is 111 Å². The van der Waals surface area contributed by atoms with Gasteiger partial charge in [0.1, 0.15) is 5.82 Å². The minimum absolute atomic E-state index is 0.204. The van der Waals surface area contributed by atoms with E-state index in [9.17, 15) is 0 Å². The summed E-state index contributed by atoms with van der Waals surface area (Å²) < 4.78 is 1.94. The van der Waals surface area contributed by atoms with Crippen molar-refractivity contribution in [2.75, 3.05) is 11.4 Å². The summed E-state index contributed by atoms with van der Waals surface area (Å²) in [5.74, 6) is 1.89. The van der Waals surface area contributed by atoms with E-state index >= 15 is 0 Å². The van der Waals surface area contributed by atoms with Gasteiger partial charge < -0.3 is 10.6 Å². The molecular formula is C12H17N7. The Bertz CT molecular complexity index is 614. The summed E-state index contributed by atoms with van der Waals surface area (Å²) in [7, 11) is 0. The van der Waals surface area contributed by atoms with E-state index in [1.165, 1.54) is 0 Å². The van der Waals surface area contributed by atoms with Crippen LogP contribution in [0.1, 0.15) is 25.1 Å². The molecule has 1 aliphatic rings. The third-order valence-corrected chi connectivity index (χ3v) is 3.36. The van der Waals surface area contributed by atoms with Gasteiger partial charge in [-0.3, -0.25) is 9.81 Å². The van der Waals surface area contributed by atoms with Gasteiger partial charge in [-0.25, -0.2) is 4.98 Å². The highest BCUT2D eigenvalue weighted by Gasteiger charge is 2.31. The van der Waals surface area contributed by atoms with E-state index in [0.29, 0.717) is 19.0 Å². The van der Waals surface area contributed by atoms with Crippen molar-refractivity contribution in [3.8, 4) is 0 Å². The molecule has 0 spiro atoms. The maximum absolute atomic E-state index is 7.38. The summed E-state index contributed by atoms with van der Waals surface area (Å²) in [6.45, 7) is 2.62. The fourth-order valence-corrected chi connectivity index (χ4v) is 2.22. The Hall–Kier alpha value is -2.18. The number of fused-ring (bicyclic) bond motifs is 1. The lowest BCUT2D eigenvalue weighted by atomic mass is 10.3. The van der Waals surface area contributed by atoms with Gasteiger partial charge in [0.05, 0.1) is 5.84 Å². The topological polar surface area (TPSA) is 96.2 Å². The Morgan fingerprint density at radius 1 is 1.53 bits per heavy atom. The standard InChI is InChI=1S/C12H17N7/c1-8-16-17-12-11(15-5-7-18(8)12)19(9-2-3-9)6-4-10(13)14/h5,7,9H,2-4,6H2,1H3,(H3,13,14). The van der Waals surface area contributed by atoms with Crippen LogP contribution in [0.15, 0.2) is 12.4 Å². The van der Waals surface area contributed by atoms with Gasteiger partial charge in [0, 0.05) is 31.4 Å². The van der Waals surface area contributed by atoms with Crippen molar-refractivity contribution in [1.82, 2.24) is 19.6 Å². The number of rotatable bonds is 5. The summed E-state index contributed by atoms with van der Waals surface area (Å²) in [6, 6.07) is 0.495. The molecule has 2 aromatic rings. The van der Waals surface area contributed by atoms with Gasteiger partial charge in [0.25, 0.3) is 0 Å². The molecule has 0 aliphatic heterocycles. The molecule has 1 saturated carbocycles. The minimum Gasteiger partial charge on any atom is -0.388 e. The van der Waals surface area contributed by atoms with E-state index < -0.39 is 0 Å². The zero-order chi connectivity index (χ0) is 13.4. The van der Waals surface area contributed by atoms with E-state index in [1.54, 1.807) is 6.20 Å². The Morgan fingerprint density at radius 2 is 2.32 bits per heavy atom. The second-order valence-electron chi connectivity index (χ2n) is 4.89. The molecule has 1 aliphatic carbocycles. The first-order valence-corrected chi connectivity index (χ1v) is 6.42. The van der Waals surface area contributed by atoms with Crippen LogP contribution in [-0.2, 0) is 0 Å². The molecule has 7 nitrogen and oxygen atoms in total. The Morgan fingerprint density at radius 3 is 3.00 bits per heavy atom. The lowest BCUT2D eigenvalue weighted by Crippen LogP contribution is -2.31. The number of anilines is 1. The molecule has 100 valence electrons. The van der Waals surface area contributed by atoms with Crippen molar-refractivity contribution in [3.05, 3.63) is 18.2 Å². The maximum atomic E-state index is 7.38. The fourth-order valence-electron chi connectivity index (χ4n) is 2.22. The highest BCUT2D eigenvalue weighted by atomic mass is 15.3. The zero-order valence-corrected chi connectivity index (χ0v) is 10.9. The lowest BCUT2D eigenvalue weighted by Gasteiger charge is -2.23. The quantitative estimate of drug-likeness (QED) is 0.609. The molecule has 19 heavy (non-hydrogen) atoms. The minimum atomic E-state index is 0.204. The fraction of sp³-hybridized carbons (Fsp3) is 0.500. The van der Waals surface area contributed by atoms with Crippen LogP contribution in [0.4, 0.5) is 5.82 Å². The average molecular weight is 259 g/mol. The van der Waals surface area contributed by atoms with Crippen LogP contribution >= 0.6 is 0 Å². The van der Waals surface area contributed by atoms with Gasteiger partial charge in [-0.15, -0.1) is 10.2 Å². The van der Waals surface area contributed by atoms with Gasteiger partial charge in [-0.2, -0.15) is 0 Å². The van der Waals surface area contributed by atoms with E-state index in [2.05, 4.69) is 20.1 Å². The van der Waals surface area contributed by atoms with E-state index in [1.807, 2.05) is 17.5 Å². The summed E-state index contributed by atoms with van der Waals surface area (Å²) in [5.41, 5.74) is 6.23. The molecule has 1 fully saturated rings. The molecule has 2 aromatic heterocycles. The number of nitrogens with zero attached hydrogens (tertiary/aromatic N) is 5. The zero-order valence-electron chi connectivity index (χ0n) is 10.9. The molecule has 3 rings (SSSR count). The van der Waals surface area contributed by atoms with Crippen molar-refractivity contribution in [1.29, 1.82) is 5.41 Å². The number of aryl methyl sites for hydroxylation is 1. The van der Waals surface area contributed by atoms with E-state index in [4.69, 9.17) is 11.1 Å². The van der Waals surface area contributed by atoms with Crippen molar-refractivity contribution in [2.45, 2.75) is 32.2 Å². The van der Waals surface area contributed by atoms with Crippen molar-refractivity contribution in [3.63, 3.8) is 0 Å². The van der Waals surface area contributed by atoms with Crippen LogP contribution in [0.25, 0.3) is 5.65 Å². The molecule has 0 radical (unpaired) electrons. The maximum Gasteiger partial charge on any atom is 0.203 e. The largest absolute Gasteiger partial charge is 0.388 e.